The van der Waals surface area contributed by atoms with Crippen LogP contribution in [0.1, 0.15) is 0 Å². The molecule has 1 saturated heterocycles. The molecule has 3 N–H and O–H groups in total. The number of morpholine rings is 1. The lowest BCUT2D eigenvalue weighted by atomic mass is 10.1. The van der Waals surface area contributed by atoms with Gasteiger partial charge in [0.25, 0.3) is 0 Å². The normalized spacial score (nSPS) is 19.5. The number of aromatic nitrogens is 1. The molecule has 0 spiro atoms. The van der Waals surface area contributed by atoms with Gasteiger partial charge in [-0.1, -0.05) is 0 Å². The van der Waals surface area contributed by atoms with Gasteiger partial charge in [0.15, 0.2) is 0 Å². The summed E-state index contributed by atoms with van der Waals surface area (Å²) in [5.74, 6) is 0. The topological polar surface area (TPSA) is 71.6 Å². The molecule has 0 aliphatic carbocycles. The van der Waals surface area contributed by atoms with Crippen LogP contribution in [-0.4, -0.2) is 42.5 Å². The Labute approximate surface area is 125 Å². The van der Waals surface area contributed by atoms with E-state index >= 15 is 0 Å². The van der Waals surface area contributed by atoms with E-state index in [0.717, 1.165) is 27.6 Å². The maximum atomic E-state index is 9.52. The van der Waals surface area contributed by atoms with Gasteiger partial charge in [-0.25, -0.2) is 0 Å². The third-order valence-electron chi connectivity index (χ3n) is 3.58. The van der Waals surface area contributed by atoms with E-state index in [1.165, 1.54) is 0 Å². The quantitative estimate of drug-likeness (QED) is 0.817. The lowest BCUT2D eigenvalue weighted by Crippen LogP contribution is -2.47. The molecular weight excluding hydrogens is 322 g/mol. The van der Waals surface area contributed by atoms with Crippen LogP contribution >= 0.6 is 15.9 Å². The van der Waals surface area contributed by atoms with E-state index in [1.54, 1.807) is 6.20 Å². The van der Waals surface area contributed by atoms with Gasteiger partial charge in [-0.05, 0) is 34.1 Å². The van der Waals surface area contributed by atoms with Crippen molar-refractivity contribution in [1.82, 2.24) is 4.98 Å². The SMILES string of the molecule is Nc1ccc(N2CCOCC2CO)c2ncc(Br)cc12. The highest BCUT2D eigenvalue weighted by Gasteiger charge is 2.24. The molecule has 2 heterocycles. The Morgan fingerprint density at radius 3 is 3.15 bits per heavy atom. The Bertz CT molecular complexity index is 635. The first kappa shape index (κ1) is 13.6. The molecule has 3 rings (SSSR count). The van der Waals surface area contributed by atoms with Gasteiger partial charge >= 0.3 is 0 Å². The molecule has 1 fully saturated rings. The number of benzene rings is 1. The van der Waals surface area contributed by atoms with Crippen LogP contribution in [0, 0.1) is 0 Å². The number of pyridine rings is 1. The summed E-state index contributed by atoms with van der Waals surface area (Å²) in [5.41, 5.74) is 8.58. The van der Waals surface area contributed by atoms with Gasteiger partial charge in [-0.2, -0.15) is 0 Å². The molecule has 0 radical (unpaired) electrons. The predicted octanol–water partition coefficient (Wildman–Crippen LogP) is 1.78. The average molecular weight is 338 g/mol. The van der Waals surface area contributed by atoms with Crippen LogP contribution in [0.25, 0.3) is 10.9 Å². The number of ether oxygens (including phenoxy) is 1. The molecular formula is C14H16BrN3O2. The minimum Gasteiger partial charge on any atom is -0.398 e. The summed E-state index contributed by atoms with van der Waals surface area (Å²) < 4.78 is 6.32. The first-order valence-corrected chi connectivity index (χ1v) is 7.29. The van der Waals surface area contributed by atoms with Crippen LogP contribution in [0.4, 0.5) is 11.4 Å². The van der Waals surface area contributed by atoms with Gasteiger partial charge in [-0.15, -0.1) is 0 Å². The highest BCUT2D eigenvalue weighted by atomic mass is 79.9. The fraction of sp³-hybridized carbons (Fsp3) is 0.357. The van der Waals surface area contributed by atoms with Crippen LogP contribution in [-0.2, 0) is 4.74 Å². The molecule has 0 amide bonds. The monoisotopic (exact) mass is 337 g/mol. The Hall–Kier alpha value is -1.37. The first-order valence-electron chi connectivity index (χ1n) is 6.49. The third-order valence-corrected chi connectivity index (χ3v) is 4.01. The maximum absolute atomic E-state index is 9.52. The first-order chi connectivity index (χ1) is 9.70. The van der Waals surface area contributed by atoms with Crippen molar-refractivity contribution in [3.05, 3.63) is 28.9 Å². The minimum atomic E-state index is -0.0407. The largest absolute Gasteiger partial charge is 0.398 e. The fourth-order valence-electron chi connectivity index (χ4n) is 2.56. The second kappa shape index (κ2) is 5.55. The molecule has 5 nitrogen and oxygen atoms in total. The summed E-state index contributed by atoms with van der Waals surface area (Å²) >= 11 is 3.42. The van der Waals surface area contributed by atoms with E-state index in [9.17, 15) is 5.11 Å². The van der Waals surface area contributed by atoms with Crippen molar-refractivity contribution in [1.29, 1.82) is 0 Å². The smallest absolute Gasteiger partial charge is 0.0956 e. The number of nitrogens with two attached hydrogens (primary N) is 1. The number of fused-ring (bicyclic) bond motifs is 1. The zero-order valence-electron chi connectivity index (χ0n) is 10.9. The zero-order chi connectivity index (χ0) is 14.1. The van der Waals surface area contributed by atoms with E-state index in [0.29, 0.717) is 18.9 Å². The minimum absolute atomic E-state index is 0.0407. The van der Waals surface area contributed by atoms with E-state index in [-0.39, 0.29) is 12.6 Å². The van der Waals surface area contributed by atoms with E-state index in [4.69, 9.17) is 10.5 Å². The van der Waals surface area contributed by atoms with E-state index in [2.05, 4.69) is 25.8 Å². The van der Waals surface area contributed by atoms with Gasteiger partial charge in [0.1, 0.15) is 0 Å². The molecule has 1 aliphatic rings. The number of halogens is 1. The molecule has 6 heteroatoms. The Morgan fingerprint density at radius 2 is 2.35 bits per heavy atom. The van der Waals surface area contributed by atoms with Crippen molar-refractivity contribution in [2.24, 2.45) is 0 Å². The number of hydrogen-bond donors (Lipinski definition) is 2. The molecule has 1 aromatic carbocycles. The molecule has 2 aromatic rings. The third kappa shape index (κ3) is 2.34. The summed E-state index contributed by atoms with van der Waals surface area (Å²) in [6.07, 6.45) is 1.76. The molecule has 1 atom stereocenters. The number of hydrogen-bond acceptors (Lipinski definition) is 5. The van der Waals surface area contributed by atoms with Crippen LogP contribution < -0.4 is 10.6 Å². The van der Waals surface area contributed by atoms with Gasteiger partial charge in [0.2, 0.25) is 0 Å². The lowest BCUT2D eigenvalue weighted by Gasteiger charge is -2.36. The molecule has 0 saturated carbocycles. The van der Waals surface area contributed by atoms with Crippen LogP contribution in [0.15, 0.2) is 28.9 Å². The molecule has 1 unspecified atom stereocenters. The van der Waals surface area contributed by atoms with E-state index < -0.39 is 0 Å². The van der Waals surface area contributed by atoms with Crippen LogP contribution in [0.5, 0.6) is 0 Å². The molecule has 0 bridgehead atoms. The number of aliphatic hydroxyl groups excluding tert-OH is 1. The van der Waals surface area contributed by atoms with Gasteiger partial charge in [0, 0.05) is 28.3 Å². The molecule has 106 valence electrons. The van der Waals surface area contributed by atoms with E-state index in [1.807, 2.05) is 18.2 Å². The summed E-state index contributed by atoms with van der Waals surface area (Å²) in [6.45, 7) is 1.97. The fourth-order valence-corrected chi connectivity index (χ4v) is 2.89. The zero-order valence-corrected chi connectivity index (χ0v) is 12.5. The number of nitrogen functional groups attached to an aromatic ring is 1. The van der Waals surface area contributed by atoms with Crippen molar-refractivity contribution >= 4 is 38.2 Å². The average Bonchev–Trinajstić information content (AvgIpc) is 2.48. The Kier molecular flexibility index (Phi) is 3.78. The second-order valence-electron chi connectivity index (χ2n) is 4.83. The standard InChI is InChI=1S/C14H16BrN3O2/c15-9-5-11-12(16)1-2-13(14(11)17-6-9)18-3-4-20-8-10(18)7-19/h1-2,5-6,10,19H,3-4,7-8,16H2. The highest BCUT2D eigenvalue weighted by Crippen LogP contribution is 2.32. The summed E-state index contributed by atoms with van der Waals surface area (Å²) in [5, 5.41) is 10.4. The van der Waals surface area contributed by atoms with Gasteiger partial charge in [0.05, 0.1) is 37.1 Å². The number of nitrogens with zero attached hydrogens (tertiary/aromatic N) is 2. The molecule has 20 heavy (non-hydrogen) atoms. The number of rotatable bonds is 2. The Morgan fingerprint density at radius 1 is 1.50 bits per heavy atom. The predicted molar refractivity (Wildman–Crippen MR) is 82.9 cm³/mol. The number of aliphatic hydroxyl groups is 1. The molecule has 1 aliphatic heterocycles. The van der Waals surface area contributed by atoms with Crippen LogP contribution in [0.2, 0.25) is 0 Å². The second-order valence-corrected chi connectivity index (χ2v) is 5.74. The van der Waals surface area contributed by atoms with Gasteiger partial charge < -0.3 is 20.5 Å². The van der Waals surface area contributed by atoms with Crippen molar-refractivity contribution in [2.75, 3.05) is 37.0 Å². The van der Waals surface area contributed by atoms with Crippen molar-refractivity contribution in [3.63, 3.8) is 0 Å². The van der Waals surface area contributed by atoms with Crippen molar-refractivity contribution in [3.8, 4) is 0 Å². The Balaban J connectivity index is 2.13. The summed E-state index contributed by atoms with van der Waals surface area (Å²) in [6, 6.07) is 5.78. The summed E-state index contributed by atoms with van der Waals surface area (Å²) in [4.78, 5) is 6.64. The van der Waals surface area contributed by atoms with Gasteiger partial charge in [-0.3, -0.25) is 4.98 Å². The van der Waals surface area contributed by atoms with Crippen molar-refractivity contribution < 1.29 is 9.84 Å². The lowest BCUT2D eigenvalue weighted by molar-refractivity contribution is 0.0728. The summed E-state index contributed by atoms with van der Waals surface area (Å²) in [7, 11) is 0. The highest BCUT2D eigenvalue weighted by molar-refractivity contribution is 9.10. The van der Waals surface area contributed by atoms with Crippen molar-refractivity contribution in [2.45, 2.75) is 6.04 Å². The van der Waals surface area contributed by atoms with Crippen LogP contribution in [0.3, 0.4) is 0 Å². The maximum Gasteiger partial charge on any atom is 0.0956 e. The molecule has 1 aromatic heterocycles. The number of anilines is 2.